The second-order valence-corrected chi connectivity index (χ2v) is 17.2. The smallest absolute Gasteiger partial charge is 0.295 e. The van der Waals surface area contributed by atoms with E-state index >= 15 is 0 Å². The summed E-state index contributed by atoms with van der Waals surface area (Å²) in [5.74, 6) is -0.947. The number of carbonyl (C=O) groups is 1. The lowest BCUT2D eigenvalue weighted by molar-refractivity contribution is -0.171. The first kappa shape index (κ1) is 28.6. The van der Waals surface area contributed by atoms with Crippen LogP contribution in [0.5, 0.6) is 0 Å². The van der Waals surface area contributed by atoms with Crippen LogP contribution in [-0.4, -0.2) is 36.4 Å². The highest BCUT2D eigenvalue weighted by molar-refractivity contribution is 6.80. The molecule has 196 valence electrons. The Kier molecular flexibility index (Phi) is 8.87. The minimum Gasteiger partial charge on any atom is -0.432 e. The van der Waals surface area contributed by atoms with E-state index in [2.05, 4.69) is 110 Å². The number of hydrogen-bond donors (Lipinski definition) is 0. The summed E-state index contributed by atoms with van der Waals surface area (Å²) in [5, 5.41) is 2.49. The van der Waals surface area contributed by atoms with Crippen molar-refractivity contribution in [3.8, 4) is 0 Å². The van der Waals surface area contributed by atoms with Gasteiger partial charge in [-0.2, -0.15) is 0 Å². The molecular formula is C30H44O4Si2. The Balaban J connectivity index is 2.14. The highest BCUT2D eigenvalue weighted by atomic mass is 28.3. The number of ether oxygens (including phenoxy) is 1. The lowest BCUT2D eigenvalue weighted by Crippen LogP contribution is -2.53. The van der Waals surface area contributed by atoms with E-state index in [-0.39, 0.29) is 28.8 Å². The molecule has 0 saturated heterocycles. The molecule has 1 aliphatic carbocycles. The molecule has 0 aromatic heterocycles. The van der Waals surface area contributed by atoms with Crippen LogP contribution in [0.2, 0.25) is 13.1 Å². The molecule has 4 nitrogen and oxygen atoms in total. The summed E-state index contributed by atoms with van der Waals surface area (Å²) in [6.45, 7) is 22.8. The number of rotatable bonds is 9. The van der Waals surface area contributed by atoms with Gasteiger partial charge >= 0.3 is 0 Å². The second kappa shape index (κ2) is 11.2. The summed E-state index contributed by atoms with van der Waals surface area (Å²) in [6.07, 6.45) is 0.462. The molecule has 0 radical (unpaired) electrons. The van der Waals surface area contributed by atoms with E-state index in [0.29, 0.717) is 12.9 Å². The van der Waals surface area contributed by atoms with Crippen molar-refractivity contribution in [2.24, 2.45) is 22.7 Å². The molecule has 2 aromatic rings. The standard InChI is InChI=1S/C30H44O4Si2/c1-22-26(25(28(2,3)4)20-30(22,32-21-31)34-35(8)9)27(29(5,6)7)33-36(23-16-12-10-13-17-23)24-18-14-11-15-19-24/h10-19,21,25-27,35-36H,1,20H2,2-9H3/t25-,26-,27?,30+/m0/s1. The topological polar surface area (TPSA) is 44.8 Å². The molecule has 6 heteroatoms. The third-order valence-electron chi connectivity index (χ3n) is 7.26. The quantitative estimate of drug-likeness (QED) is 0.199. The Hall–Kier alpha value is -2.00. The molecule has 0 N–H and O–H groups in total. The van der Waals surface area contributed by atoms with Crippen molar-refractivity contribution in [2.75, 3.05) is 0 Å². The van der Waals surface area contributed by atoms with Crippen LogP contribution in [0.3, 0.4) is 0 Å². The van der Waals surface area contributed by atoms with Gasteiger partial charge in [0.05, 0.1) is 6.10 Å². The average Bonchev–Trinajstić information content (AvgIpc) is 3.07. The van der Waals surface area contributed by atoms with Crippen LogP contribution in [0.25, 0.3) is 0 Å². The Labute approximate surface area is 221 Å². The van der Waals surface area contributed by atoms with Crippen molar-refractivity contribution in [3.63, 3.8) is 0 Å². The Morgan fingerprint density at radius 2 is 1.44 bits per heavy atom. The SMILES string of the molecule is C=C1[C@H](C(O[SiH](c2ccccc2)c2ccccc2)C(C)(C)C)[C@@H](C(C)(C)C)C[C@@]1(OC=O)O[SiH](C)C. The van der Waals surface area contributed by atoms with E-state index in [9.17, 15) is 4.79 Å². The maximum Gasteiger partial charge on any atom is 0.295 e. The normalized spacial score (nSPS) is 23.8. The first-order valence-electron chi connectivity index (χ1n) is 13.0. The van der Waals surface area contributed by atoms with Gasteiger partial charge in [-0.25, -0.2) is 0 Å². The molecule has 0 amide bonds. The third kappa shape index (κ3) is 6.28. The van der Waals surface area contributed by atoms with Crippen LogP contribution in [0.1, 0.15) is 48.0 Å². The van der Waals surface area contributed by atoms with Crippen molar-refractivity contribution in [1.29, 1.82) is 0 Å². The van der Waals surface area contributed by atoms with Crippen molar-refractivity contribution in [1.82, 2.24) is 0 Å². The van der Waals surface area contributed by atoms with E-state index in [1.165, 1.54) is 10.4 Å². The predicted octanol–water partition coefficient (Wildman–Crippen LogP) is 5.06. The third-order valence-corrected chi connectivity index (χ3v) is 10.7. The summed E-state index contributed by atoms with van der Waals surface area (Å²) < 4.78 is 19.6. The van der Waals surface area contributed by atoms with E-state index in [0.717, 1.165) is 5.57 Å². The van der Waals surface area contributed by atoms with Crippen molar-refractivity contribution < 1.29 is 18.4 Å². The van der Waals surface area contributed by atoms with E-state index < -0.39 is 23.9 Å². The average molecular weight is 525 g/mol. The summed E-state index contributed by atoms with van der Waals surface area (Å²) in [5.41, 5.74) is 0.593. The molecule has 1 unspecified atom stereocenters. The Bertz CT molecular complexity index is 971. The van der Waals surface area contributed by atoms with Gasteiger partial charge in [-0.15, -0.1) is 0 Å². The van der Waals surface area contributed by atoms with Gasteiger partial charge in [0.15, 0.2) is 9.04 Å². The fourth-order valence-corrected chi connectivity index (χ4v) is 9.37. The molecule has 4 atom stereocenters. The fraction of sp³-hybridized carbons (Fsp3) is 0.500. The first-order chi connectivity index (χ1) is 16.8. The van der Waals surface area contributed by atoms with Crippen molar-refractivity contribution in [2.45, 2.75) is 72.9 Å². The summed E-state index contributed by atoms with van der Waals surface area (Å²) in [6, 6.07) is 21.2. The summed E-state index contributed by atoms with van der Waals surface area (Å²) in [7, 11) is -3.59. The molecule has 1 aliphatic rings. The largest absolute Gasteiger partial charge is 0.432 e. The maximum absolute atomic E-state index is 11.7. The maximum atomic E-state index is 11.7. The number of carbonyl (C=O) groups excluding carboxylic acids is 1. The zero-order valence-electron chi connectivity index (χ0n) is 23.3. The van der Waals surface area contributed by atoms with Gasteiger partial charge in [-0.3, -0.25) is 4.79 Å². The van der Waals surface area contributed by atoms with Crippen molar-refractivity contribution in [3.05, 3.63) is 72.8 Å². The Morgan fingerprint density at radius 1 is 0.944 bits per heavy atom. The Morgan fingerprint density at radius 3 is 1.83 bits per heavy atom. The zero-order chi connectivity index (χ0) is 26.7. The van der Waals surface area contributed by atoms with Gasteiger partial charge in [0.2, 0.25) is 14.8 Å². The van der Waals surface area contributed by atoms with Gasteiger partial charge in [0.25, 0.3) is 6.47 Å². The molecule has 1 fully saturated rings. The van der Waals surface area contributed by atoms with Crippen LogP contribution in [0.15, 0.2) is 72.8 Å². The van der Waals surface area contributed by atoms with Crippen LogP contribution in [0.4, 0.5) is 0 Å². The van der Waals surface area contributed by atoms with Gasteiger partial charge in [0.1, 0.15) is 0 Å². The highest BCUT2D eigenvalue weighted by Gasteiger charge is 2.59. The van der Waals surface area contributed by atoms with Crippen molar-refractivity contribution >= 4 is 34.9 Å². The number of hydrogen-bond acceptors (Lipinski definition) is 4. The first-order valence-corrected chi connectivity index (χ1v) is 17.4. The summed E-state index contributed by atoms with van der Waals surface area (Å²) in [4.78, 5) is 11.7. The minimum absolute atomic E-state index is 0.0277. The monoisotopic (exact) mass is 524 g/mol. The van der Waals surface area contributed by atoms with E-state index in [4.69, 9.17) is 13.6 Å². The molecular weight excluding hydrogens is 480 g/mol. The van der Waals surface area contributed by atoms with Crippen LogP contribution >= 0.6 is 0 Å². The van der Waals surface area contributed by atoms with Gasteiger partial charge in [-0.1, -0.05) is 109 Å². The predicted molar refractivity (Wildman–Crippen MR) is 154 cm³/mol. The lowest BCUT2D eigenvalue weighted by atomic mass is 9.68. The molecule has 2 aromatic carbocycles. The molecule has 0 heterocycles. The highest BCUT2D eigenvalue weighted by Crippen LogP contribution is 2.56. The molecule has 3 rings (SSSR count). The van der Waals surface area contributed by atoms with Crippen LogP contribution < -0.4 is 10.4 Å². The van der Waals surface area contributed by atoms with Crippen LogP contribution in [0, 0.1) is 22.7 Å². The van der Waals surface area contributed by atoms with E-state index in [1.54, 1.807) is 0 Å². The summed E-state index contributed by atoms with van der Waals surface area (Å²) >= 11 is 0. The van der Waals surface area contributed by atoms with E-state index in [1.807, 2.05) is 12.1 Å². The lowest BCUT2D eigenvalue weighted by Gasteiger charge is -2.44. The second-order valence-electron chi connectivity index (χ2n) is 12.5. The minimum atomic E-state index is -2.04. The zero-order valence-corrected chi connectivity index (χ0v) is 25.6. The molecule has 0 bridgehead atoms. The molecule has 0 spiro atoms. The molecule has 36 heavy (non-hydrogen) atoms. The molecule has 0 aliphatic heterocycles. The van der Waals surface area contributed by atoms with Gasteiger partial charge in [-0.05, 0) is 45.8 Å². The fourth-order valence-electron chi connectivity index (χ4n) is 5.60. The van der Waals surface area contributed by atoms with Gasteiger partial charge < -0.3 is 13.6 Å². The number of benzene rings is 2. The molecule has 1 saturated carbocycles. The van der Waals surface area contributed by atoms with Gasteiger partial charge in [0, 0.05) is 12.3 Å². The van der Waals surface area contributed by atoms with Crippen LogP contribution in [-0.2, 0) is 18.4 Å².